The second kappa shape index (κ2) is 9.32. The van der Waals surface area contributed by atoms with Crippen LogP contribution in [0.4, 0.5) is 32.4 Å². The number of amides is 2. The number of nitrogens with one attached hydrogen (secondary N) is 2. The Hall–Kier alpha value is -2.84. The Morgan fingerprint density at radius 1 is 1.03 bits per heavy atom. The summed E-state index contributed by atoms with van der Waals surface area (Å²) >= 11 is 0. The van der Waals surface area contributed by atoms with Crippen molar-refractivity contribution < 1.29 is 26.7 Å². The van der Waals surface area contributed by atoms with Crippen molar-refractivity contribution in [2.45, 2.75) is 19.0 Å². The van der Waals surface area contributed by atoms with Crippen LogP contribution in [0.5, 0.6) is 0 Å². The summed E-state index contributed by atoms with van der Waals surface area (Å²) in [4.78, 5) is 13.9. The second-order valence-corrected chi connectivity index (χ2v) is 7.28. The van der Waals surface area contributed by atoms with Crippen molar-refractivity contribution in [3.8, 4) is 0 Å². The van der Waals surface area contributed by atoms with Crippen molar-refractivity contribution in [3.63, 3.8) is 0 Å². The van der Waals surface area contributed by atoms with E-state index in [2.05, 4.69) is 10.6 Å². The van der Waals surface area contributed by atoms with Crippen LogP contribution in [-0.2, 0) is 12.6 Å². The number of rotatable bonds is 6. The SMILES string of the molecule is O=C(NCCc1ccc(C(F)(F)F)cc1)NCC1CCN(c2ccc(F)c(F)c2)C1. The van der Waals surface area contributed by atoms with Gasteiger partial charge in [0.25, 0.3) is 0 Å². The molecule has 3 rings (SSSR count). The Bertz CT molecular complexity index is 870. The maximum Gasteiger partial charge on any atom is 0.416 e. The molecule has 1 saturated heterocycles. The molecule has 2 aromatic rings. The van der Waals surface area contributed by atoms with E-state index in [0.717, 1.165) is 24.6 Å². The van der Waals surface area contributed by atoms with Crippen LogP contribution in [0, 0.1) is 17.6 Å². The first kappa shape index (κ1) is 21.9. The van der Waals surface area contributed by atoms with Crippen LogP contribution in [-0.4, -0.2) is 32.2 Å². The van der Waals surface area contributed by atoms with Crippen LogP contribution >= 0.6 is 0 Å². The number of benzene rings is 2. The predicted octanol–water partition coefficient (Wildman–Crippen LogP) is 4.35. The van der Waals surface area contributed by atoms with E-state index in [-0.39, 0.29) is 11.9 Å². The molecular formula is C21H22F5N3O. The first-order valence-corrected chi connectivity index (χ1v) is 9.60. The number of carbonyl (C=O) groups is 1. The molecule has 9 heteroatoms. The summed E-state index contributed by atoms with van der Waals surface area (Å²) < 4.78 is 64.1. The van der Waals surface area contributed by atoms with E-state index in [1.807, 2.05) is 4.90 Å². The number of hydrogen-bond donors (Lipinski definition) is 2. The molecule has 0 bridgehead atoms. The molecule has 0 radical (unpaired) electrons. The van der Waals surface area contributed by atoms with Gasteiger partial charge < -0.3 is 15.5 Å². The highest BCUT2D eigenvalue weighted by molar-refractivity contribution is 5.73. The van der Waals surface area contributed by atoms with Crippen LogP contribution in [0.15, 0.2) is 42.5 Å². The Kier molecular flexibility index (Phi) is 6.79. The van der Waals surface area contributed by atoms with Gasteiger partial charge in [0.1, 0.15) is 0 Å². The zero-order chi connectivity index (χ0) is 21.7. The summed E-state index contributed by atoms with van der Waals surface area (Å²) in [6.07, 6.45) is -3.14. The van der Waals surface area contributed by atoms with Crippen molar-refractivity contribution in [1.82, 2.24) is 10.6 Å². The highest BCUT2D eigenvalue weighted by Gasteiger charge is 2.29. The normalized spacial score (nSPS) is 16.6. The summed E-state index contributed by atoms with van der Waals surface area (Å²) in [6.45, 7) is 2.04. The van der Waals surface area contributed by atoms with Crippen molar-refractivity contribution >= 4 is 11.7 Å². The van der Waals surface area contributed by atoms with Gasteiger partial charge in [-0.15, -0.1) is 0 Å². The number of anilines is 1. The molecular weight excluding hydrogens is 405 g/mol. The number of halogens is 5. The third kappa shape index (κ3) is 5.84. The Morgan fingerprint density at radius 2 is 1.77 bits per heavy atom. The van der Waals surface area contributed by atoms with E-state index < -0.39 is 23.4 Å². The van der Waals surface area contributed by atoms with Gasteiger partial charge in [-0.05, 0) is 48.6 Å². The third-order valence-corrected chi connectivity index (χ3v) is 5.09. The maximum atomic E-state index is 13.4. The van der Waals surface area contributed by atoms with Crippen molar-refractivity contribution in [2.24, 2.45) is 5.92 Å². The first-order valence-electron chi connectivity index (χ1n) is 9.60. The quantitative estimate of drug-likeness (QED) is 0.674. The van der Waals surface area contributed by atoms with Gasteiger partial charge in [0.2, 0.25) is 0 Å². The minimum absolute atomic E-state index is 0.179. The molecule has 1 unspecified atom stereocenters. The Morgan fingerprint density at radius 3 is 2.43 bits per heavy atom. The molecule has 0 aromatic heterocycles. The zero-order valence-corrected chi connectivity index (χ0v) is 16.1. The Labute approximate surface area is 171 Å². The van der Waals surface area contributed by atoms with Gasteiger partial charge in [0.15, 0.2) is 11.6 Å². The zero-order valence-electron chi connectivity index (χ0n) is 16.1. The van der Waals surface area contributed by atoms with E-state index in [0.29, 0.717) is 43.9 Å². The summed E-state index contributed by atoms with van der Waals surface area (Å²) in [5.74, 6) is -1.59. The average molecular weight is 427 g/mol. The molecule has 1 heterocycles. The Balaban J connectivity index is 1.36. The molecule has 1 aliphatic heterocycles. The molecule has 1 aliphatic rings. The van der Waals surface area contributed by atoms with Crippen molar-refractivity contribution in [2.75, 3.05) is 31.1 Å². The van der Waals surface area contributed by atoms with Crippen molar-refractivity contribution in [3.05, 3.63) is 65.2 Å². The molecule has 0 saturated carbocycles. The van der Waals surface area contributed by atoms with Gasteiger partial charge in [0, 0.05) is 37.9 Å². The van der Waals surface area contributed by atoms with Crippen LogP contribution in [0.1, 0.15) is 17.5 Å². The van der Waals surface area contributed by atoms with Crippen LogP contribution < -0.4 is 15.5 Å². The second-order valence-electron chi connectivity index (χ2n) is 7.28. The van der Waals surface area contributed by atoms with Gasteiger partial charge >= 0.3 is 12.2 Å². The van der Waals surface area contributed by atoms with Crippen LogP contribution in [0.25, 0.3) is 0 Å². The minimum Gasteiger partial charge on any atom is -0.371 e. The molecule has 2 amide bonds. The van der Waals surface area contributed by atoms with E-state index in [9.17, 15) is 26.7 Å². The summed E-state index contributed by atoms with van der Waals surface area (Å²) in [5.41, 5.74) is 0.601. The molecule has 1 atom stereocenters. The van der Waals surface area contributed by atoms with Gasteiger partial charge in [-0.2, -0.15) is 13.2 Å². The highest BCUT2D eigenvalue weighted by atomic mass is 19.4. The standard InChI is InChI=1S/C21H22F5N3O/c22-18-6-5-17(11-19(18)23)29-10-8-15(13-29)12-28-20(30)27-9-7-14-1-3-16(4-2-14)21(24,25)26/h1-6,11,15H,7-10,12-13H2,(H2,27,28,30). The van der Waals surface area contributed by atoms with E-state index in [4.69, 9.17) is 0 Å². The predicted molar refractivity (Wildman–Crippen MR) is 103 cm³/mol. The van der Waals surface area contributed by atoms with E-state index in [1.165, 1.54) is 24.3 Å². The fourth-order valence-electron chi connectivity index (χ4n) is 3.40. The highest BCUT2D eigenvalue weighted by Crippen LogP contribution is 2.29. The largest absolute Gasteiger partial charge is 0.416 e. The lowest BCUT2D eigenvalue weighted by atomic mass is 10.1. The number of alkyl halides is 3. The number of nitrogens with zero attached hydrogens (tertiary/aromatic N) is 1. The molecule has 162 valence electrons. The topological polar surface area (TPSA) is 44.4 Å². The summed E-state index contributed by atoms with van der Waals surface area (Å²) in [5, 5.41) is 5.45. The molecule has 2 N–H and O–H groups in total. The minimum atomic E-state index is -4.36. The van der Waals surface area contributed by atoms with E-state index >= 15 is 0 Å². The molecule has 30 heavy (non-hydrogen) atoms. The van der Waals surface area contributed by atoms with Gasteiger partial charge in [-0.25, -0.2) is 13.6 Å². The molecule has 1 fully saturated rings. The first-order chi connectivity index (χ1) is 14.2. The lowest BCUT2D eigenvalue weighted by molar-refractivity contribution is -0.137. The summed E-state index contributed by atoms with van der Waals surface area (Å²) in [7, 11) is 0. The van der Waals surface area contributed by atoms with Gasteiger partial charge in [-0.1, -0.05) is 12.1 Å². The van der Waals surface area contributed by atoms with Crippen LogP contribution in [0.2, 0.25) is 0 Å². The average Bonchev–Trinajstić information content (AvgIpc) is 3.17. The van der Waals surface area contributed by atoms with Gasteiger partial charge in [-0.3, -0.25) is 0 Å². The van der Waals surface area contributed by atoms with E-state index in [1.54, 1.807) is 0 Å². The van der Waals surface area contributed by atoms with Crippen LogP contribution in [0.3, 0.4) is 0 Å². The third-order valence-electron chi connectivity index (χ3n) is 5.09. The lowest BCUT2D eigenvalue weighted by Gasteiger charge is -2.19. The lowest BCUT2D eigenvalue weighted by Crippen LogP contribution is -2.39. The number of urea groups is 1. The monoisotopic (exact) mass is 427 g/mol. The van der Waals surface area contributed by atoms with Gasteiger partial charge in [0.05, 0.1) is 5.56 Å². The molecule has 0 aliphatic carbocycles. The molecule has 0 spiro atoms. The molecule has 4 nitrogen and oxygen atoms in total. The number of hydrogen-bond acceptors (Lipinski definition) is 2. The molecule has 2 aromatic carbocycles. The fourth-order valence-corrected chi connectivity index (χ4v) is 3.40. The number of carbonyl (C=O) groups excluding carboxylic acids is 1. The fraction of sp³-hybridized carbons (Fsp3) is 0.381. The maximum absolute atomic E-state index is 13.4. The summed E-state index contributed by atoms with van der Waals surface area (Å²) in [6, 6.07) is 8.28. The smallest absolute Gasteiger partial charge is 0.371 e. The van der Waals surface area contributed by atoms with Crippen molar-refractivity contribution in [1.29, 1.82) is 0 Å².